The first-order valence-electron chi connectivity index (χ1n) is 4.35. The molecule has 0 saturated carbocycles. The van der Waals surface area contributed by atoms with Crippen LogP contribution in [0.2, 0.25) is 10.0 Å². The van der Waals surface area contributed by atoms with Gasteiger partial charge in [-0.1, -0.05) is 35.3 Å². The zero-order chi connectivity index (χ0) is 11.7. The maximum atomic E-state index is 13.4. The van der Waals surface area contributed by atoms with Crippen molar-refractivity contribution in [3.05, 3.63) is 52.3 Å². The molecule has 0 aliphatic carbocycles. The highest BCUT2D eigenvalue weighted by molar-refractivity contribution is 6.43. The Labute approximate surface area is 101 Å². The van der Waals surface area contributed by atoms with Gasteiger partial charge in [0.15, 0.2) is 0 Å². The summed E-state index contributed by atoms with van der Waals surface area (Å²) in [5.74, 6) is -1.42. The summed E-state index contributed by atoms with van der Waals surface area (Å²) in [6, 6.07) is 5.75. The van der Waals surface area contributed by atoms with E-state index in [4.69, 9.17) is 23.2 Å². The second kappa shape index (κ2) is 4.36. The number of rotatable bonds is 1. The monoisotopic (exact) mass is 259 g/mol. The van der Waals surface area contributed by atoms with E-state index in [1.807, 2.05) is 0 Å². The van der Waals surface area contributed by atoms with Crippen LogP contribution in [0.1, 0.15) is 0 Å². The van der Waals surface area contributed by atoms with E-state index in [1.165, 1.54) is 0 Å². The minimum absolute atomic E-state index is 0.00694. The van der Waals surface area contributed by atoms with Crippen LogP contribution in [-0.4, -0.2) is 4.98 Å². The van der Waals surface area contributed by atoms with Gasteiger partial charge in [-0.05, 0) is 12.1 Å². The Hall–Kier alpha value is -1.19. The Morgan fingerprint density at radius 2 is 1.81 bits per heavy atom. The van der Waals surface area contributed by atoms with Crippen molar-refractivity contribution in [1.82, 2.24) is 4.98 Å². The predicted octanol–water partition coefficient (Wildman–Crippen LogP) is 4.33. The second-order valence-corrected chi connectivity index (χ2v) is 3.88. The van der Waals surface area contributed by atoms with E-state index in [9.17, 15) is 8.78 Å². The number of pyridine rings is 1. The molecule has 0 N–H and O–H groups in total. The largest absolute Gasteiger partial charge is 0.225 e. The highest BCUT2D eigenvalue weighted by Gasteiger charge is 2.12. The van der Waals surface area contributed by atoms with Crippen LogP contribution < -0.4 is 0 Å². The zero-order valence-electron chi connectivity index (χ0n) is 7.85. The molecular weight excluding hydrogens is 255 g/mol. The molecule has 82 valence electrons. The van der Waals surface area contributed by atoms with Crippen molar-refractivity contribution in [2.24, 2.45) is 0 Å². The molecule has 0 saturated heterocycles. The van der Waals surface area contributed by atoms with Gasteiger partial charge in [0.25, 0.3) is 0 Å². The summed E-state index contributed by atoms with van der Waals surface area (Å²) in [6.07, 6.45) is 0.803. The third-order valence-electron chi connectivity index (χ3n) is 2.05. The summed E-state index contributed by atoms with van der Waals surface area (Å²) in [5.41, 5.74) is 0.311. The molecule has 0 spiro atoms. The van der Waals surface area contributed by atoms with Gasteiger partial charge >= 0.3 is 0 Å². The molecule has 0 radical (unpaired) electrons. The number of halogens is 4. The lowest BCUT2D eigenvalue weighted by molar-refractivity contribution is 0.563. The maximum Gasteiger partial charge on any atom is 0.220 e. The number of aromatic nitrogens is 1. The number of hydrogen-bond donors (Lipinski definition) is 0. The third-order valence-corrected chi connectivity index (χ3v) is 2.87. The fourth-order valence-electron chi connectivity index (χ4n) is 1.32. The fraction of sp³-hybridized carbons (Fsp3) is 0. The van der Waals surface area contributed by atoms with Crippen LogP contribution in [0.25, 0.3) is 11.1 Å². The van der Waals surface area contributed by atoms with Crippen molar-refractivity contribution in [3.63, 3.8) is 0 Å². The Kier molecular flexibility index (Phi) is 3.08. The van der Waals surface area contributed by atoms with E-state index >= 15 is 0 Å². The van der Waals surface area contributed by atoms with Crippen LogP contribution in [0, 0.1) is 11.8 Å². The quantitative estimate of drug-likeness (QED) is 0.695. The van der Waals surface area contributed by atoms with E-state index in [0.717, 1.165) is 12.3 Å². The Bertz CT molecular complexity index is 544. The summed E-state index contributed by atoms with van der Waals surface area (Å²) >= 11 is 11.7. The van der Waals surface area contributed by atoms with Crippen LogP contribution in [0.15, 0.2) is 30.5 Å². The molecule has 2 aromatic rings. The van der Waals surface area contributed by atoms with Crippen molar-refractivity contribution in [3.8, 4) is 11.1 Å². The fourth-order valence-corrected chi connectivity index (χ4v) is 1.73. The van der Waals surface area contributed by atoms with Crippen molar-refractivity contribution in [1.29, 1.82) is 0 Å². The molecule has 0 amide bonds. The lowest BCUT2D eigenvalue weighted by Crippen LogP contribution is -1.91. The van der Waals surface area contributed by atoms with Gasteiger partial charge in [-0.25, -0.2) is 9.37 Å². The molecule has 16 heavy (non-hydrogen) atoms. The van der Waals surface area contributed by atoms with Crippen LogP contribution >= 0.6 is 23.2 Å². The van der Waals surface area contributed by atoms with Crippen molar-refractivity contribution in [2.45, 2.75) is 0 Å². The van der Waals surface area contributed by atoms with Gasteiger partial charge in [0.2, 0.25) is 5.95 Å². The lowest BCUT2D eigenvalue weighted by atomic mass is 10.1. The van der Waals surface area contributed by atoms with Crippen molar-refractivity contribution < 1.29 is 8.78 Å². The molecule has 0 aliphatic rings. The molecule has 0 unspecified atom stereocenters. The van der Waals surface area contributed by atoms with Crippen molar-refractivity contribution >= 4 is 23.2 Å². The summed E-state index contributed by atoms with van der Waals surface area (Å²) in [4.78, 5) is 3.28. The van der Waals surface area contributed by atoms with Crippen LogP contribution in [0.3, 0.4) is 0 Å². The lowest BCUT2D eigenvalue weighted by Gasteiger charge is -2.06. The first-order valence-corrected chi connectivity index (χ1v) is 5.10. The summed E-state index contributed by atoms with van der Waals surface area (Å²) < 4.78 is 26.3. The molecule has 0 aliphatic heterocycles. The van der Waals surface area contributed by atoms with Gasteiger partial charge in [-0.3, -0.25) is 0 Å². The first-order chi connectivity index (χ1) is 7.59. The minimum atomic E-state index is -0.787. The van der Waals surface area contributed by atoms with E-state index < -0.39 is 11.8 Å². The number of benzene rings is 1. The first kappa shape index (κ1) is 11.3. The molecular formula is C11H5Cl2F2N. The molecule has 1 heterocycles. The van der Waals surface area contributed by atoms with Crippen molar-refractivity contribution in [2.75, 3.05) is 0 Å². The zero-order valence-corrected chi connectivity index (χ0v) is 9.36. The highest BCUT2D eigenvalue weighted by Crippen LogP contribution is 2.34. The highest BCUT2D eigenvalue weighted by atomic mass is 35.5. The summed E-state index contributed by atoms with van der Waals surface area (Å²) in [6.45, 7) is 0. The molecule has 0 fully saturated rings. The molecule has 1 nitrogen and oxygen atoms in total. The SMILES string of the molecule is Fc1cnc(F)c(-c2cccc(Cl)c2Cl)c1. The van der Waals surface area contributed by atoms with Crippen LogP contribution in [-0.2, 0) is 0 Å². The Balaban J connectivity index is 2.67. The minimum Gasteiger partial charge on any atom is -0.225 e. The number of hydrogen-bond acceptors (Lipinski definition) is 1. The standard InChI is InChI=1S/C11H5Cl2F2N/c12-9-3-1-2-7(10(9)13)8-4-6(14)5-16-11(8)15/h1-5H. The molecule has 1 aromatic heterocycles. The Morgan fingerprint density at radius 3 is 2.56 bits per heavy atom. The van der Waals surface area contributed by atoms with E-state index in [-0.39, 0.29) is 15.6 Å². The Morgan fingerprint density at radius 1 is 1.06 bits per heavy atom. The smallest absolute Gasteiger partial charge is 0.220 e. The normalized spacial score (nSPS) is 10.5. The third kappa shape index (κ3) is 2.01. The molecule has 0 atom stereocenters. The average molecular weight is 260 g/mol. The van der Waals surface area contributed by atoms with Gasteiger partial charge in [0.1, 0.15) is 5.82 Å². The van der Waals surface area contributed by atoms with Crippen LogP contribution in [0.4, 0.5) is 8.78 Å². The number of nitrogens with zero attached hydrogens (tertiary/aromatic N) is 1. The molecule has 5 heteroatoms. The van der Waals surface area contributed by atoms with Gasteiger partial charge in [0.05, 0.1) is 16.2 Å². The van der Waals surface area contributed by atoms with Gasteiger partial charge in [-0.2, -0.15) is 4.39 Å². The van der Waals surface area contributed by atoms with E-state index in [0.29, 0.717) is 5.56 Å². The van der Waals surface area contributed by atoms with E-state index in [2.05, 4.69) is 4.98 Å². The van der Waals surface area contributed by atoms with E-state index in [1.54, 1.807) is 18.2 Å². The second-order valence-electron chi connectivity index (χ2n) is 3.09. The van der Waals surface area contributed by atoms with Gasteiger partial charge in [0, 0.05) is 11.1 Å². The molecule has 1 aromatic carbocycles. The topological polar surface area (TPSA) is 12.9 Å². The summed E-state index contributed by atoms with van der Waals surface area (Å²) in [7, 11) is 0. The van der Waals surface area contributed by atoms with Crippen LogP contribution in [0.5, 0.6) is 0 Å². The average Bonchev–Trinajstić information content (AvgIpc) is 2.26. The predicted molar refractivity (Wildman–Crippen MR) is 59.6 cm³/mol. The molecule has 2 rings (SSSR count). The maximum absolute atomic E-state index is 13.4. The van der Waals surface area contributed by atoms with Gasteiger partial charge in [-0.15, -0.1) is 0 Å². The molecule has 0 bridgehead atoms. The summed E-state index contributed by atoms with van der Waals surface area (Å²) in [5, 5.41) is 0.457. The van der Waals surface area contributed by atoms with Gasteiger partial charge < -0.3 is 0 Å².